The summed E-state index contributed by atoms with van der Waals surface area (Å²) in [6.45, 7) is 7.83. The third kappa shape index (κ3) is 6.05. The van der Waals surface area contributed by atoms with Gasteiger partial charge in [0.25, 0.3) is 0 Å². The van der Waals surface area contributed by atoms with Crippen molar-refractivity contribution in [1.82, 2.24) is 20.1 Å². The zero-order valence-electron chi connectivity index (χ0n) is 18.7. The Balaban J connectivity index is 1.17. The summed E-state index contributed by atoms with van der Waals surface area (Å²) in [5, 5.41) is 6.61. The van der Waals surface area contributed by atoms with Crippen molar-refractivity contribution >= 4 is 17.2 Å². The Labute approximate surface area is 189 Å². The average molecular weight is 443 g/mol. The van der Waals surface area contributed by atoms with Crippen LogP contribution < -0.4 is 10.1 Å². The van der Waals surface area contributed by atoms with Crippen LogP contribution in [0.4, 0.5) is 0 Å². The maximum Gasteiger partial charge on any atom is 0.223 e. The molecule has 2 aromatic rings. The number of amides is 1. The maximum absolute atomic E-state index is 12.8. The van der Waals surface area contributed by atoms with Gasteiger partial charge in [-0.1, -0.05) is 18.2 Å². The molecule has 1 aromatic carbocycles. The fraction of sp³-hybridized carbons (Fsp3) is 0.583. The van der Waals surface area contributed by atoms with Gasteiger partial charge >= 0.3 is 0 Å². The first kappa shape index (κ1) is 22.2. The summed E-state index contributed by atoms with van der Waals surface area (Å²) >= 11 is 1.71. The zero-order valence-corrected chi connectivity index (χ0v) is 19.5. The Kier molecular flexibility index (Phi) is 7.58. The molecule has 0 aliphatic carbocycles. The molecule has 3 heterocycles. The summed E-state index contributed by atoms with van der Waals surface area (Å²) in [4.78, 5) is 22.3. The molecule has 168 valence electrons. The van der Waals surface area contributed by atoms with Gasteiger partial charge in [-0.25, -0.2) is 4.98 Å². The molecule has 2 aliphatic rings. The summed E-state index contributed by atoms with van der Waals surface area (Å²) in [5.74, 6) is 1.36. The molecule has 0 unspecified atom stereocenters. The highest BCUT2D eigenvalue weighted by atomic mass is 32.1. The van der Waals surface area contributed by atoms with Gasteiger partial charge in [0, 0.05) is 49.1 Å². The van der Waals surface area contributed by atoms with E-state index in [-0.39, 0.29) is 11.8 Å². The van der Waals surface area contributed by atoms with E-state index in [4.69, 9.17) is 4.74 Å². The van der Waals surface area contributed by atoms with E-state index >= 15 is 0 Å². The molecule has 0 radical (unpaired) electrons. The van der Waals surface area contributed by atoms with Gasteiger partial charge in [0.1, 0.15) is 5.75 Å². The number of carbonyl (C=O) groups excluding carboxylic acids is 1. The highest BCUT2D eigenvalue weighted by molar-refractivity contribution is 7.09. The molecule has 7 heteroatoms. The molecule has 31 heavy (non-hydrogen) atoms. The number of benzene rings is 1. The average Bonchev–Trinajstić information content (AvgIpc) is 3.20. The molecule has 0 saturated carbocycles. The second kappa shape index (κ2) is 10.6. The van der Waals surface area contributed by atoms with Gasteiger partial charge in [0.15, 0.2) is 0 Å². The molecule has 2 saturated heterocycles. The molecule has 2 aliphatic heterocycles. The van der Waals surface area contributed by atoms with Crippen molar-refractivity contribution in [3.05, 3.63) is 45.9 Å². The number of nitrogens with one attached hydrogen (secondary N) is 1. The lowest BCUT2D eigenvalue weighted by molar-refractivity contribution is -0.127. The summed E-state index contributed by atoms with van der Waals surface area (Å²) in [7, 11) is 1.73. The van der Waals surface area contributed by atoms with E-state index in [0.29, 0.717) is 6.04 Å². The van der Waals surface area contributed by atoms with Crippen LogP contribution >= 0.6 is 11.3 Å². The molecule has 2 fully saturated rings. The number of likely N-dealkylation sites (tertiary alicyclic amines) is 2. The number of piperidine rings is 2. The van der Waals surface area contributed by atoms with Gasteiger partial charge in [0.05, 0.1) is 17.8 Å². The third-order valence-corrected chi connectivity index (χ3v) is 7.35. The molecule has 1 N–H and O–H groups in total. The number of aryl methyl sites for hydroxylation is 1. The summed E-state index contributed by atoms with van der Waals surface area (Å²) in [6.07, 6.45) is 3.93. The number of ether oxygens (including phenoxy) is 1. The first-order valence-electron chi connectivity index (χ1n) is 11.4. The number of carbonyl (C=O) groups is 1. The first-order valence-corrected chi connectivity index (χ1v) is 12.3. The van der Waals surface area contributed by atoms with Crippen molar-refractivity contribution < 1.29 is 9.53 Å². The molecule has 4 rings (SSSR count). The quantitative estimate of drug-likeness (QED) is 0.712. The summed E-state index contributed by atoms with van der Waals surface area (Å²) < 4.78 is 5.48. The molecule has 0 spiro atoms. The van der Waals surface area contributed by atoms with Gasteiger partial charge in [-0.05, 0) is 51.8 Å². The number of hydrogen-bond acceptors (Lipinski definition) is 6. The zero-order chi connectivity index (χ0) is 21.6. The van der Waals surface area contributed by atoms with Gasteiger partial charge < -0.3 is 10.1 Å². The van der Waals surface area contributed by atoms with Crippen LogP contribution in [0.1, 0.15) is 41.9 Å². The van der Waals surface area contributed by atoms with Crippen LogP contribution in [0, 0.1) is 12.8 Å². The van der Waals surface area contributed by atoms with Crippen LogP contribution in [0.15, 0.2) is 29.6 Å². The molecular formula is C24H34N4O2S. The lowest BCUT2D eigenvalue weighted by Gasteiger charge is -2.35. The van der Waals surface area contributed by atoms with Crippen molar-refractivity contribution in [2.45, 2.75) is 51.7 Å². The van der Waals surface area contributed by atoms with Crippen LogP contribution in [-0.2, 0) is 17.9 Å². The van der Waals surface area contributed by atoms with Crippen LogP contribution in [0.3, 0.4) is 0 Å². The van der Waals surface area contributed by atoms with E-state index in [9.17, 15) is 4.79 Å². The predicted molar refractivity (Wildman–Crippen MR) is 124 cm³/mol. The van der Waals surface area contributed by atoms with Crippen molar-refractivity contribution in [3.63, 3.8) is 0 Å². The highest BCUT2D eigenvalue weighted by Crippen LogP contribution is 2.23. The van der Waals surface area contributed by atoms with Crippen LogP contribution in [0.25, 0.3) is 0 Å². The van der Waals surface area contributed by atoms with Crippen LogP contribution in [0.5, 0.6) is 5.75 Å². The number of para-hydroxylation sites is 1. The van der Waals surface area contributed by atoms with Crippen LogP contribution in [0.2, 0.25) is 0 Å². The molecule has 1 aromatic heterocycles. The van der Waals surface area contributed by atoms with Crippen LogP contribution in [-0.4, -0.2) is 60.0 Å². The Morgan fingerprint density at radius 3 is 2.45 bits per heavy atom. The van der Waals surface area contributed by atoms with Crippen molar-refractivity contribution in [3.8, 4) is 5.75 Å². The van der Waals surface area contributed by atoms with E-state index in [2.05, 4.69) is 37.6 Å². The second-order valence-electron chi connectivity index (χ2n) is 8.78. The lowest BCUT2D eigenvalue weighted by Crippen LogP contribution is -2.47. The van der Waals surface area contributed by atoms with Gasteiger partial charge in [0.2, 0.25) is 5.91 Å². The predicted octanol–water partition coefficient (Wildman–Crippen LogP) is 3.45. The lowest BCUT2D eigenvalue weighted by atomic mass is 9.94. The standard InChI is InChI=1S/C24H34N4O2S/c1-18-25-22(17-31-18)16-28-11-7-19(8-12-28)24(29)26-21-9-13-27(14-10-21)15-20-5-3-4-6-23(20)30-2/h3-6,17,19,21H,7-16H2,1-2H3,(H,26,29). The molecular weight excluding hydrogens is 408 g/mol. The highest BCUT2D eigenvalue weighted by Gasteiger charge is 2.28. The minimum absolute atomic E-state index is 0.153. The minimum Gasteiger partial charge on any atom is -0.496 e. The number of aromatic nitrogens is 1. The largest absolute Gasteiger partial charge is 0.496 e. The molecule has 6 nitrogen and oxygen atoms in total. The second-order valence-corrected chi connectivity index (χ2v) is 9.84. The SMILES string of the molecule is COc1ccccc1CN1CCC(NC(=O)C2CCN(Cc3csc(C)n3)CC2)CC1. The maximum atomic E-state index is 12.8. The molecule has 0 atom stereocenters. The number of nitrogens with zero attached hydrogens (tertiary/aromatic N) is 3. The topological polar surface area (TPSA) is 57.7 Å². The van der Waals surface area contributed by atoms with E-state index < -0.39 is 0 Å². The van der Waals surface area contributed by atoms with Crippen molar-refractivity contribution in [2.24, 2.45) is 5.92 Å². The Hall–Kier alpha value is -1.96. The number of methoxy groups -OCH3 is 1. The smallest absolute Gasteiger partial charge is 0.223 e. The van der Waals surface area contributed by atoms with Gasteiger partial charge in [-0.15, -0.1) is 11.3 Å². The van der Waals surface area contributed by atoms with E-state index in [0.717, 1.165) is 81.4 Å². The van der Waals surface area contributed by atoms with Crippen molar-refractivity contribution in [1.29, 1.82) is 0 Å². The monoisotopic (exact) mass is 442 g/mol. The Morgan fingerprint density at radius 1 is 1.10 bits per heavy atom. The fourth-order valence-corrected chi connectivity index (χ4v) is 5.30. The number of thiazole rings is 1. The fourth-order valence-electron chi connectivity index (χ4n) is 4.69. The number of hydrogen-bond donors (Lipinski definition) is 1. The third-order valence-electron chi connectivity index (χ3n) is 6.53. The normalized spacial score (nSPS) is 19.4. The summed E-state index contributed by atoms with van der Waals surface area (Å²) in [5.41, 5.74) is 2.39. The number of rotatable bonds is 7. The molecule has 0 bridgehead atoms. The molecule has 1 amide bonds. The van der Waals surface area contributed by atoms with E-state index in [1.807, 2.05) is 19.1 Å². The van der Waals surface area contributed by atoms with E-state index in [1.165, 1.54) is 5.56 Å². The van der Waals surface area contributed by atoms with Crippen molar-refractivity contribution in [2.75, 3.05) is 33.3 Å². The minimum atomic E-state index is 0.153. The first-order chi connectivity index (χ1) is 15.1. The van der Waals surface area contributed by atoms with E-state index in [1.54, 1.807) is 18.4 Å². The summed E-state index contributed by atoms with van der Waals surface area (Å²) in [6, 6.07) is 8.53. The van der Waals surface area contributed by atoms with Gasteiger partial charge in [-0.3, -0.25) is 14.6 Å². The van der Waals surface area contributed by atoms with Gasteiger partial charge in [-0.2, -0.15) is 0 Å². The Bertz CT molecular complexity index is 855. The Morgan fingerprint density at radius 2 is 1.77 bits per heavy atom.